The van der Waals surface area contributed by atoms with Gasteiger partial charge in [0.25, 0.3) is 0 Å². The molecule has 1 amide bonds. The van der Waals surface area contributed by atoms with Gasteiger partial charge in [-0.05, 0) is 29.6 Å². The first-order valence-corrected chi connectivity index (χ1v) is 11.0. The lowest BCUT2D eigenvalue weighted by Gasteiger charge is -2.12. The van der Waals surface area contributed by atoms with Crippen LogP contribution in [0.2, 0.25) is 0 Å². The van der Waals surface area contributed by atoms with Crippen LogP contribution in [0.3, 0.4) is 0 Å². The van der Waals surface area contributed by atoms with Gasteiger partial charge in [0.2, 0.25) is 15.9 Å². The van der Waals surface area contributed by atoms with E-state index in [-0.39, 0.29) is 10.8 Å². The predicted octanol–water partition coefficient (Wildman–Crippen LogP) is 2.93. The van der Waals surface area contributed by atoms with E-state index < -0.39 is 10.0 Å². The second-order valence-electron chi connectivity index (χ2n) is 5.07. The Bertz CT molecular complexity index is 805. The second-order valence-corrected chi connectivity index (χ2v) is 8.98. The molecule has 0 saturated carbocycles. The third kappa shape index (κ3) is 6.03. The van der Waals surface area contributed by atoms with Gasteiger partial charge in [-0.15, -0.1) is 11.3 Å². The van der Waals surface area contributed by atoms with Gasteiger partial charge in [0.15, 0.2) is 0 Å². The number of benzene rings is 1. The van der Waals surface area contributed by atoms with Crippen LogP contribution >= 0.6 is 23.1 Å². The molecule has 1 aromatic heterocycles. The van der Waals surface area contributed by atoms with E-state index in [0.29, 0.717) is 23.7 Å². The average Bonchev–Trinajstić information content (AvgIpc) is 3.07. The summed E-state index contributed by atoms with van der Waals surface area (Å²) >= 11 is 3.36. The zero-order chi connectivity index (χ0) is 18.3. The molecule has 0 aliphatic carbocycles. The number of sulfonamides is 1. The minimum atomic E-state index is -3.65. The van der Waals surface area contributed by atoms with Crippen molar-refractivity contribution in [3.63, 3.8) is 0 Å². The van der Waals surface area contributed by atoms with Crippen LogP contribution in [-0.2, 0) is 20.6 Å². The van der Waals surface area contributed by atoms with Crippen LogP contribution < -0.4 is 14.8 Å². The fourth-order valence-electron chi connectivity index (χ4n) is 2.04. The van der Waals surface area contributed by atoms with Crippen LogP contribution in [-0.4, -0.2) is 33.7 Å². The molecule has 0 saturated heterocycles. The number of anilines is 1. The van der Waals surface area contributed by atoms with E-state index in [1.807, 2.05) is 11.4 Å². The highest BCUT2D eigenvalue weighted by molar-refractivity contribution is 7.98. The maximum atomic E-state index is 12.4. The molecule has 0 bridgehead atoms. The van der Waals surface area contributed by atoms with Crippen LogP contribution in [0, 0.1) is 0 Å². The van der Waals surface area contributed by atoms with Crippen LogP contribution in [0.25, 0.3) is 0 Å². The molecule has 1 aromatic carbocycles. The largest absolute Gasteiger partial charge is 0.495 e. The van der Waals surface area contributed by atoms with Gasteiger partial charge in [-0.25, -0.2) is 13.1 Å². The molecule has 0 spiro atoms. The van der Waals surface area contributed by atoms with Gasteiger partial charge < -0.3 is 10.1 Å². The predicted molar refractivity (Wildman–Crippen MR) is 103 cm³/mol. The van der Waals surface area contributed by atoms with Crippen LogP contribution in [0.5, 0.6) is 5.75 Å². The summed E-state index contributed by atoms with van der Waals surface area (Å²) in [4.78, 5) is 12.6. The number of thioether (sulfide) groups is 1. The van der Waals surface area contributed by atoms with Gasteiger partial charge in [0.05, 0.1) is 17.7 Å². The molecule has 0 atom stereocenters. The van der Waals surface area contributed by atoms with Crippen molar-refractivity contribution in [2.75, 3.05) is 24.7 Å². The molecule has 2 N–H and O–H groups in total. The van der Waals surface area contributed by atoms with E-state index in [2.05, 4.69) is 16.1 Å². The minimum Gasteiger partial charge on any atom is -0.495 e. The van der Waals surface area contributed by atoms with Gasteiger partial charge in [0, 0.05) is 29.9 Å². The number of hydrogen-bond acceptors (Lipinski definition) is 6. The summed E-state index contributed by atoms with van der Waals surface area (Å²) in [6.45, 7) is 1.68. The topological polar surface area (TPSA) is 84.5 Å². The van der Waals surface area contributed by atoms with E-state index in [1.165, 1.54) is 37.1 Å². The Morgan fingerprint density at radius 1 is 1.32 bits per heavy atom. The van der Waals surface area contributed by atoms with E-state index in [0.717, 1.165) is 5.75 Å². The number of hydrogen-bond donors (Lipinski definition) is 2. The van der Waals surface area contributed by atoms with Gasteiger partial charge in [-0.1, -0.05) is 6.07 Å². The van der Waals surface area contributed by atoms with Crippen molar-refractivity contribution in [3.8, 4) is 5.75 Å². The van der Waals surface area contributed by atoms with Crippen molar-refractivity contribution in [2.45, 2.75) is 17.6 Å². The zero-order valence-electron chi connectivity index (χ0n) is 13.9. The van der Waals surface area contributed by atoms with Gasteiger partial charge in [-0.3, -0.25) is 4.79 Å². The fraction of sp³-hybridized carbons (Fsp3) is 0.312. The van der Waals surface area contributed by atoms with E-state index in [4.69, 9.17) is 4.74 Å². The van der Waals surface area contributed by atoms with Crippen molar-refractivity contribution >= 4 is 44.7 Å². The third-order valence-electron chi connectivity index (χ3n) is 3.15. The quantitative estimate of drug-likeness (QED) is 0.632. The van der Waals surface area contributed by atoms with Crippen molar-refractivity contribution in [1.82, 2.24) is 4.72 Å². The number of amides is 1. The van der Waals surface area contributed by atoms with Crippen molar-refractivity contribution in [2.24, 2.45) is 0 Å². The van der Waals surface area contributed by atoms with Gasteiger partial charge >= 0.3 is 0 Å². The molecular formula is C16H20N2O4S3. The molecule has 2 rings (SSSR count). The number of rotatable bonds is 9. The summed E-state index contributed by atoms with van der Waals surface area (Å²) < 4.78 is 32.5. The van der Waals surface area contributed by atoms with Crippen LogP contribution in [0.4, 0.5) is 5.69 Å². The van der Waals surface area contributed by atoms with Crippen LogP contribution in [0.1, 0.15) is 11.8 Å². The number of nitrogens with one attached hydrogen (secondary N) is 2. The molecule has 0 aliphatic heterocycles. The van der Waals surface area contributed by atoms with E-state index >= 15 is 0 Å². The zero-order valence-corrected chi connectivity index (χ0v) is 16.4. The number of carbonyl (C=O) groups excluding carboxylic acids is 1. The highest BCUT2D eigenvalue weighted by Crippen LogP contribution is 2.27. The van der Waals surface area contributed by atoms with E-state index in [1.54, 1.807) is 23.1 Å². The standard InChI is InChI=1S/C16H20N2O4S3/c1-12(19)18-15-10-14(5-6-16(15)22-2)25(20,21)17-7-9-23-11-13-4-3-8-24-13/h3-6,8,10,17H,7,9,11H2,1-2H3,(H,18,19). The summed E-state index contributed by atoms with van der Waals surface area (Å²) in [6, 6.07) is 8.42. The average molecular weight is 401 g/mol. The molecule has 0 unspecified atom stereocenters. The Hall–Kier alpha value is -1.55. The second kappa shape index (κ2) is 9.23. The summed E-state index contributed by atoms with van der Waals surface area (Å²) in [7, 11) is -2.19. The molecule has 0 radical (unpaired) electrons. The number of methoxy groups -OCH3 is 1. The molecule has 0 aliphatic rings. The minimum absolute atomic E-state index is 0.0836. The Labute approximate surface area is 156 Å². The molecule has 2 aromatic rings. The molecule has 9 heteroatoms. The number of ether oxygens (including phenoxy) is 1. The molecule has 6 nitrogen and oxygen atoms in total. The van der Waals surface area contributed by atoms with Crippen LogP contribution in [0.15, 0.2) is 40.6 Å². The third-order valence-corrected chi connectivity index (χ3v) is 6.68. The Balaban J connectivity index is 1.94. The Morgan fingerprint density at radius 2 is 2.12 bits per heavy atom. The van der Waals surface area contributed by atoms with Gasteiger partial charge in [0.1, 0.15) is 5.75 Å². The highest BCUT2D eigenvalue weighted by Gasteiger charge is 2.16. The lowest BCUT2D eigenvalue weighted by Crippen LogP contribution is -2.26. The first-order valence-electron chi connectivity index (χ1n) is 7.48. The van der Waals surface area contributed by atoms with Gasteiger partial charge in [-0.2, -0.15) is 11.8 Å². The maximum Gasteiger partial charge on any atom is 0.240 e. The molecule has 0 fully saturated rings. The smallest absolute Gasteiger partial charge is 0.240 e. The molecular weight excluding hydrogens is 380 g/mol. The normalized spacial score (nSPS) is 11.3. The first-order chi connectivity index (χ1) is 11.9. The SMILES string of the molecule is COc1ccc(S(=O)(=O)NCCSCc2cccs2)cc1NC(C)=O. The summed E-state index contributed by atoms with van der Waals surface area (Å²) in [5.41, 5.74) is 0.324. The van der Waals surface area contributed by atoms with Crippen molar-refractivity contribution < 1.29 is 17.9 Å². The van der Waals surface area contributed by atoms with E-state index in [9.17, 15) is 13.2 Å². The highest BCUT2D eigenvalue weighted by atomic mass is 32.2. The Morgan fingerprint density at radius 3 is 2.76 bits per heavy atom. The lowest BCUT2D eigenvalue weighted by atomic mass is 10.3. The van der Waals surface area contributed by atoms with Crippen molar-refractivity contribution in [1.29, 1.82) is 0 Å². The maximum absolute atomic E-state index is 12.4. The first kappa shape index (κ1) is 19.8. The van der Waals surface area contributed by atoms with Crippen molar-refractivity contribution in [3.05, 3.63) is 40.6 Å². The number of thiophene rings is 1. The summed E-state index contributed by atoms with van der Waals surface area (Å²) in [6.07, 6.45) is 0. The summed E-state index contributed by atoms with van der Waals surface area (Å²) in [5, 5.41) is 4.59. The Kier molecular flexibility index (Phi) is 7.30. The summed E-state index contributed by atoms with van der Waals surface area (Å²) in [5.74, 6) is 1.65. The fourth-order valence-corrected chi connectivity index (χ4v) is 4.93. The monoisotopic (exact) mass is 400 g/mol. The molecule has 136 valence electrons. The number of carbonyl (C=O) groups is 1. The molecule has 1 heterocycles. The molecule has 25 heavy (non-hydrogen) atoms. The lowest BCUT2D eigenvalue weighted by molar-refractivity contribution is -0.114.